The SMILES string of the molecule is C=CCN(C)C(=O)[C@H]1[C@@H]2OC3(CC2Br)C(C(=O)N(CC=C)c2ccc(N(CC)CC)cc2)N(CCCCO)C(=O)[C@H]13. The molecule has 0 aliphatic carbocycles. The summed E-state index contributed by atoms with van der Waals surface area (Å²) in [6.07, 6.45) is 4.29. The molecule has 2 bridgehead atoms. The molecule has 3 unspecified atom stereocenters. The number of benzene rings is 1. The molecule has 3 aliphatic heterocycles. The van der Waals surface area contributed by atoms with E-state index < -0.39 is 29.6 Å². The molecule has 4 rings (SSSR count). The topological polar surface area (TPSA) is 93.6 Å². The number of aliphatic hydroxyl groups excluding tert-OH is 1. The van der Waals surface area contributed by atoms with Crippen molar-refractivity contribution in [2.45, 2.75) is 55.7 Å². The predicted molar refractivity (Wildman–Crippen MR) is 164 cm³/mol. The molecule has 1 N–H and O–H groups in total. The first-order valence-electron chi connectivity index (χ1n) is 14.6. The summed E-state index contributed by atoms with van der Waals surface area (Å²) in [5, 5.41) is 9.43. The lowest BCUT2D eigenvalue weighted by Gasteiger charge is -2.37. The van der Waals surface area contributed by atoms with E-state index in [0.29, 0.717) is 38.0 Å². The second-order valence-corrected chi connectivity index (χ2v) is 12.2. The van der Waals surface area contributed by atoms with Crippen molar-refractivity contribution in [1.82, 2.24) is 9.80 Å². The van der Waals surface area contributed by atoms with Gasteiger partial charge >= 0.3 is 0 Å². The Morgan fingerprint density at radius 1 is 1.10 bits per heavy atom. The Morgan fingerprint density at radius 3 is 2.32 bits per heavy atom. The van der Waals surface area contributed by atoms with Gasteiger partial charge < -0.3 is 29.4 Å². The van der Waals surface area contributed by atoms with Crippen LogP contribution in [0.3, 0.4) is 0 Å². The molecule has 3 aliphatic rings. The van der Waals surface area contributed by atoms with Crippen molar-refractivity contribution < 1.29 is 24.2 Å². The fourth-order valence-corrected chi connectivity index (χ4v) is 7.84. The average Bonchev–Trinajstić information content (AvgIpc) is 3.55. The number of carbonyl (C=O) groups is 3. The number of halogens is 1. The third-order valence-electron chi connectivity index (χ3n) is 8.76. The maximum Gasteiger partial charge on any atom is 0.253 e. The minimum Gasteiger partial charge on any atom is -0.396 e. The van der Waals surface area contributed by atoms with Gasteiger partial charge in [-0.3, -0.25) is 14.4 Å². The van der Waals surface area contributed by atoms with Crippen LogP contribution in [0.4, 0.5) is 11.4 Å². The summed E-state index contributed by atoms with van der Waals surface area (Å²) in [6, 6.07) is 6.94. The number of likely N-dealkylation sites (N-methyl/N-ethyl adjacent to an activating group) is 1. The van der Waals surface area contributed by atoms with Crippen molar-refractivity contribution in [3.8, 4) is 0 Å². The lowest BCUT2D eigenvalue weighted by Crippen LogP contribution is -2.57. The molecule has 224 valence electrons. The standard InChI is InChI=1S/C31H43BrN4O5/c1-6-16-33(5)28(38)24-25-29(39)36(18-10-11-19-37)27(31(25)20-23(32)26(24)41-31)30(40)35(17-7-2)22-14-12-21(13-15-22)34(8-3)9-4/h6-7,12-15,23-27,37H,1-2,8-11,16-20H2,3-5H3/t23?,24-,25+,26-,27?,31?/m1/s1. The Morgan fingerprint density at radius 2 is 1.73 bits per heavy atom. The highest BCUT2D eigenvalue weighted by atomic mass is 79.9. The molecule has 10 heteroatoms. The number of aliphatic hydroxyl groups is 1. The van der Waals surface area contributed by atoms with E-state index in [9.17, 15) is 19.5 Å². The zero-order chi connectivity index (χ0) is 29.9. The quantitative estimate of drug-likeness (QED) is 0.193. The monoisotopic (exact) mass is 630 g/mol. The molecule has 3 amide bonds. The zero-order valence-corrected chi connectivity index (χ0v) is 26.0. The van der Waals surface area contributed by atoms with Crippen molar-refractivity contribution in [3.63, 3.8) is 0 Å². The summed E-state index contributed by atoms with van der Waals surface area (Å²) in [5.41, 5.74) is 0.631. The van der Waals surface area contributed by atoms with Crippen LogP contribution in [0.1, 0.15) is 33.1 Å². The van der Waals surface area contributed by atoms with Crippen molar-refractivity contribution in [2.75, 3.05) is 56.2 Å². The lowest BCUT2D eigenvalue weighted by atomic mass is 9.70. The van der Waals surface area contributed by atoms with Gasteiger partial charge in [0.25, 0.3) is 5.91 Å². The van der Waals surface area contributed by atoms with Crippen LogP contribution in [0.25, 0.3) is 0 Å². The molecule has 3 saturated heterocycles. The normalized spacial score (nSPS) is 28.0. The van der Waals surface area contributed by atoms with Crippen LogP contribution in [0, 0.1) is 11.8 Å². The molecule has 0 saturated carbocycles. The van der Waals surface area contributed by atoms with Crippen molar-refractivity contribution in [1.29, 1.82) is 0 Å². The highest BCUT2D eigenvalue weighted by molar-refractivity contribution is 9.09. The third-order valence-corrected chi connectivity index (χ3v) is 9.61. The number of alkyl halides is 1. The van der Waals surface area contributed by atoms with Gasteiger partial charge in [0.15, 0.2) is 0 Å². The Balaban J connectivity index is 1.75. The summed E-state index contributed by atoms with van der Waals surface area (Å²) in [5.74, 6) is -2.14. The minimum absolute atomic E-state index is 0.00774. The van der Waals surface area contributed by atoms with Crippen LogP contribution in [-0.4, -0.2) is 102 Å². The second kappa shape index (κ2) is 13.1. The summed E-state index contributed by atoms with van der Waals surface area (Å²) in [4.78, 5) is 49.3. The Bertz CT molecular complexity index is 1140. The molecule has 0 aromatic heterocycles. The fourth-order valence-electron chi connectivity index (χ4n) is 6.90. The Hall–Kier alpha value is -2.69. The highest BCUT2D eigenvalue weighted by Crippen LogP contribution is 2.60. The Labute approximate surface area is 251 Å². The lowest BCUT2D eigenvalue weighted by molar-refractivity contribution is -0.144. The van der Waals surface area contributed by atoms with E-state index in [-0.39, 0.29) is 35.7 Å². The van der Waals surface area contributed by atoms with E-state index >= 15 is 0 Å². The van der Waals surface area contributed by atoms with Gasteiger partial charge in [0.2, 0.25) is 11.8 Å². The van der Waals surface area contributed by atoms with E-state index in [1.165, 1.54) is 0 Å². The number of fused-ring (bicyclic) bond motifs is 1. The van der Waals surface area contributed by atoms with Gasteiger partial charge in [-0.2, -0.15) is 0 Å². The minimum atomic E-state index is -1.14. The summed E-state index contributed by atoms with van der Waals surface area (Å²) in [7, 11) is 1.70. The van der Waals surface area contributed by atoms with E-state index in [2.05, 4.69) is 47.8 Å². The summed E-state index contributed by atoms with van der Waals surface area (Å²) in [6.45, 7) is 14.5. The molecular formula is C31H43BrN4O5. The number of hydrogen-bond acceptors (Lipinski definition) is 6. The van der Waals surface area contributed by atoms with Crippen LogP contribution < -0.4 is 9.80 Å². The van der Waals surface area contributed by atoms with Gasteiger partial charge in [0, 0.05) is 62.6 Å². The molecule has 9 nitrogen and oxygen atoms in total. The van der Waals surface area contributed by atoms with Crippen LogP contribution in [-0.2, 0) is 19.1 Å². The molecule has 1 aromatic rings. The number of amides is 3. The first kappa shape index (κ1) is 31.3. The average molecular weight is 632 g/mol. The van der Waals surface area contributed by atoms with Crippen molar-refractivity contribution in [3.05, 3.63) is 49.6 Å². The number of nitrogens with zero attached hydrogens (tertiary/aromatic N) is 4. The molecule has 3 heterocycles. The predicted octanol–water partition coefficient (Wildman–Crippen LogP) is 3.22. The number of likely N-dealkylation sites (tertiary alicyclic amines) is 1. The molecule has 1 spiro atoms. The molecule has 6 atom stereocenters. The number of carbonyl (C=O) groups excluding carboxylic acids is 3. The molecule has 1 aromatic carbocycles. The number of ether oxygens (including phenoxy) is 1. The molecule has 41 heavy (non-hydrogen) atoms. The first-order chi connectivity index (χ1) is 19.7. The van der Waals surface area contributed by atoms with Crippen LogP contribution in [0.15, 0.2) is 49.6 Å². The summed E-state index contributed by atoms with van der Waals surface area (Å²) < 4.78 is 6.63. The number of anilines is 2. The van der Waals surface area contributed by atoms with Gasteiger partial charge in [0.1, 0.15) is 11.6 Å². The smallest absolute Gasteiger partial charge is 0.253 e. The Kier molecular flexibility index (Phi) is 9.97. The number of hydrogen-bond donors (Lipinski definition) is 1. The van der Waals surface area contributed by atoms with Crippen LogP contribution in [0.2, 0.25) is 0 Å². The molecule has 0 radical (unpaired) electrons. The third kappa shape index (κ3) is 5.46. The van der Waals surface area contributed by atoms with Crippen molar-refractivity contribution in [2.24, 2.45) is 11.8 Å². The first-order valence-corrected chi connectivity index (χ1v) is 15.5. The fraction of sp³-hybridized carbons (Fsp3) is 0.581. The largest absolute Gasteiger partial charge is 0.396 e. The van der Waals surface area contributed by atoms with E-state index in [0.717, 1.165) is 18.8 Å². The zero-order valence-electron chi connectivity index (χ0n) is 24.4. The molecule has 3 fully saturated rings. The summed E-state index contributed by atoms with van der Waals surface area (Å²) >= 11 is 3.73. The van der Waals surface area contributed by atoms with Gasteiger partial charge in [-0.1, -0.05) is 28.1 Å². The number of unbranched alkanes of at least 4 members (excludes halogenated alkanes) is 1. The van der Waals surface area contributed by atoms with Crippen LogP contribution >= 0.6 is 15.9 Å². The van der Waals surface area contributed by atoms with E-state index in [1.807, 2.05) is 24.3 Å². The van der Waals surface area contributed by atoms with E-state index in [4.69, 9.17) is 4.74 Å². The van der Waals surface area contributed by atoms with Crippen molar-refractivity contribution >= 4 is 45.0 Å². The number of rotatable bonds is 14. The molecular weight excluding hydrogens is 588 g/mol. The van der Waals surface area contributed by atoms with Gasteiger partial charge in [-0.05, 0) is 57.4 Å². The van der Waals surface area contributed by atoms with Gasteiger partial charge in [0.05, 0.1) is 17.9 Å². The maximum atomic E-state index is 14.6. The second-order valence-electron chi connectivity index (χ2n) is 11.1. The maximum absolute atomic E-state index is 14.6. The van der Waals surface area contributed by atoms with E-state index in [1.54, 1.807) is 33.9 Å². The van der Waals surface area contributed by atoms with Gasteiger partial charge in [-0.15, -0.1) is 13.2 Å². The van der Waals surface area contributed by atoms with Crippen LogP contribution in [0.5, 0.6) is 0 Å². The van der Waals surface area contributed by atoms with Gasteiger partial charge in [-0.25, -0.2) is 0 Å². The highest BCUT2D eigenvalue weighted by Gasteiger charge is 2.76.